The normalized spacial score (nSPS) is 11.0. The lowest BCUT2D eigenvalue weighted by atomic mass is 10.1. The van der Waals surface area contributed by atoms with E-state index in [-0.39, 0.29) is 17.9 Å². The molecule has 5 aromatic rings. The smallest absolute Gasteiger partial charge is 0.256 e. The van der Waals surface area contributed by atoms with Gasteiger partial charge in [0.2, 0.25) is 0 Å². The van der Waals surface area contributed by atoms with Gasteiger partial charge in [0.05, 0.1) is 35.1 Å². The first-order valence-electron chi connectivity index (χ1n) is 12.0. The molecule has 2 amide bonds. The van der Waals surface area contributed by atoms with Gasteiger partial charge in [-0.05, 0) is 50.2 Å². The second kappa shape index (κ2) is 10.4. The summed E-state index contributed by atoms with van der Waals surface area (Å²) >= 11 is 0. The van der Waals surface area contributed by atoms with Gasteiger partial charge >= 0.3 is 0 Å². The third kappa shape index (κ3) is 5.23. The Morgan fingerprint density at radius 3 is 2.49 bits per heavy atom. The topological polar surface area (TPSA) is 102 Å². The number of anilines is 1. The number of benzene rings is 2. The van der Waals surface area contributed by atoms with Crippen molar-refractivity contribution in [2.45, 2.75) is 26.4 Å². The Morgan fingerprint density at radius 2 is 1.73 bits per heavy atom. The van der Waals surface area contributed by atoms with Crippen LogP contribution >= 0.6 is 0 Å². The molecule has 0 aliphatic carbocycles. The highest BCUT2D eigenvalue weighted by Crippen LogP contribution is 2.27. The van der Waals surface area contributed by atoms with E-state index in [1.165, 1.54) is 0 Å². The van der Waals surface area contributed by atoms with Crippen LogP contribution in [0.4, 0.5) is 5.69 Å². The van der Waals surface area contributed by atoms with Crippen molar-refractivity contribution in [1.82, 2.24) is 25.1 Å². The van der Waals surface area contributed by atoms with Crippen molar-refractivity contribution < 1.29 is 9.59 Å². The summed E-state index contributed by atoms with van der Waals surface area (Å²) in [7, 11) is 0. The van der Waals surface area contributed by atoms with E-state index in [0.29, 0.717) is 40.1 Å². The number of nitrogens with one attached hydrogen (secondary N) is 2. The van der Waals surface area contributed by atoms with Crippen molar-refractivity contribution in [3.05, 3.63) is 108 Å². The van der Waals surface area contributed by atoms with Crippen molar-refractivity contribution in [3.8, 4) is 11.3 Å². The number of nitrogens with zero attached hydrogens (tertiary/aromatic N) is 4. The van der Waals surface area contributed by atoms with Crippen molar-refractivity contribution >= 4 is 28.5 Å². The molecule has 5 rings (SSSR count). The number of carbonyl (C=O) groups excluding carboxylic acids is 2. The fourth-order valence-electron chi connectivity index (χ4n) is 4.05. The SMILES string of the molecule is CC(C)n1ncc2c(C(=O)Nc3cccc(C(=O)NCc4ccccn4)c3)cc(-c3ccccc3)nc21. The Bertz CT molecular complexity index is 1560. The molecule has 0 bridgehead atoms. The zero-order valence-corrected chi connectivity index (χ0v) is 20.6. The minimum Gasteiger partial charge on any atom is -0.346 e. The van der Waals surface area contributed by atoms with E-state index in [2.05, 4.69) is 20.7 Å². The molecule has 0 fully saturated rings. The summed E-state index contributed by atoms with van der Waals surface area (Å²) in [6.07, 6.45) is 3.36. The maximum Gasteiger partial charge on any atom is 0.256 e. The average molecular weight is 491 g/mol. The van der Waals surface area contributed by atoms with Gasteiger partial charge in [0.25, 0.3) is 11.8 Å². The molecule has 184 valence electrons. The maximum atomic E-state index is 13.5. The summed E-state index contributed by atoms with van der Waals surface area (Å²) in [4.78, 5) is 35.2. The zero-order valence-electron chi connectivity index (χ0n) is 20.6. The summed E-state index contributed by atoms with van der Waals surface area (Å²) in [5.74, 6) is -0.559. The third-order valence-corrected chi connectivity index (χ3v) is 5.91. The van der Waals surface area contributed by atoms with Crippen molar-refractivity contribution in [2.24, 2.45) is 0 Å². The van der Waals surface area contributed by atoms with E-state index < -0.39 is 0 Å². The Balaban J connectivity index is 1.42. The molecule has 0 atom stereocenters. The van der Waals surface area contributed by atoms with E-state index in [0.717, 1.165) is 11.3 Å². The molecule has 0 unspecified atom stereocenters. The van der Waals surface area contributed by atoms with Gasteiger partial charge in [-0.3, -0.25) is 14.6 Å². The molecule has 0 saturated carbocycles. The first kappa shape index (κ1) is 23.9. The molecule has 8 nitrogen and oxygen atoms in total. The van der Waals surface area contributed by atoms with E-state index in [4.69, 9.17) is 4.98 Å². The standard InChI is InChI=1S/C29H26N6O2/c1-19(2)35-27-25(18-32-35)24(16-26(34-27)20-9-4-3-5-10-20)29(37)33-22-13-8-11-21(15-22)28(36)31-17-23-12-6-7-14-30-23/h3-16,18-19H,17H2,1-2H3,(H,31,36)(H,33,37). The second-order valence-electron chi connectivity index (χ2n) is 8.88. The number of aromatic nitrogens is 4. The van der Waals surface area contributed by atoms with Crippen LogP contribution in [0.3, 0.4) is 0 Å². The number of carbonyl (C=O) groups is 2. The molecule has 0 aliphatic heterocycles. The van der Waals surface area contributed by atoms with Gasteiger partial charge in [-0.15, -0.1) is 0 Å². The Hall–Kier alpha value is -4.85. The van der Waals surface area contributed by atoms with E-state index in [9.17, 15) is 9.59 Å². The van der Waals surface area contributed by atoms with Gasteiger partial charge in [0, 0.05) is 29.1 Å². The number of fused-ring (bicyclic) bond motifs is 1. The second-order valence-corrected chi connectivity index (χ2v) is 8.88. The Labute approximate surface area is 214 Å². The average Bonchev–Trinajstić information content (AvgIpc) is 3.37. The molecule has 2 N–H and O–H groups in total. The zero-order chi connectivity index (χ0) is 25.8. The number of hydrogen-bond donors (Lipinski definition) is 2. The molecule has 2 aromatic carbocycles. The molecule has 0 aliphatic rings. The van der Waals surface area contributed by atoms with Crippen LogP contribution in [-0.2, 0) is 6.54 Å². The van der Waals surface area contributed by atoms with Gasteiger partial charge in [-0.2, -0.15) is 5.10 Å². The molecule has 3 aromatic heterocycles. The predicted molar refractivity (Wildman–Crippen MR) is 143 cm³/mol. The molecule has 3 heterocycles. The summed E-state index contributed by atoms with van der Waals surface area (Å²) in [6.45, 7) is 4.36. The maximum absolute atomic E-state index is 13.5. The van der Waals surface area contributed by atoms with Crippen LogP contribution in [0.2, 0.25) is 0 Å². The predicted octanol–water partition coefficient (Wildman–Crippen LogP) is 5.26. The lowest BCUT2D eigenvalue weighted by Crippen LogP contribution is -2.23. The van der Waals surface area contributed by atoms with Gasteiger partial charge in [-0.25, -0.2) is 9.67 Å². The highest BCUT2D eigenvalue weighted by Gasteiger charge is 2.19. The summed E-state index contributed by atoms with van der Waals surface area (Å²) in [5.41, 5.74) is 4.40. The number of amides is 2. The fourth-order valence-corrected chi connectivity index (χ4v) is 4.05. The van der Waals surface area contributed by atoms with Gasteiger partial charge in [0.1, 0.15) is 0 Å². The van der Waals surface area contributed by atoms with Crippen LogP contribution in [-0.4, -0.2) is 31.6 Å². The summed E-state index contributed by atoms with van der Waals surface area (Å²) in [6, 6.07) is 24.0. The van der Waals surface area contributed by atoms with Gasteiger partial charge in [-0.1, -0.05) is 42.5 Å². The molecule has 0 saturated heterocycles. The van der Waals surface area contributed by atoms with E-state index in [1.54, 1.807) is 42.7 Å². The lowest BCUT2D eigenvalue weighted by molar-refractivity contribution is 0.0949. The minimum atomic E-state index is -0.307. The Morgan fingerprint density at radius 1 is 0.919 bits per heavy atom. The fraction of sp³-hybridized carbons (Fsp3) is 0.138. The van der Waals surface area contributed by atoms with Crippen LogP contribution < -0.4 is 10.6 Å². The van der Waals surface area contributed by atoms with Crippen molar-refractivity contribution in [1.29, 1.82) is 0 Å². The summed E-state index contributed by atoms with van der Waals surface area (Å²) in [5, 5.41) is 10.9. The molecular formula is C29H26N6O2. The Kier molecular flexibility index (Phi) is 6.72. The number of hydrogen-bond acceptors (Lipinski definition) is 5. The number of pyridine rings is 2. The third-order valence-electron chi connectivity index (χ3n) is 5.91. The highest BCUT2D eigenvalue weighted by atomic mass is 16.2. The molecule has 0 radical (unpaired) electrons. The first-order chi connectivity index (χ1) is 18.0. The lowest BCUT2D eigenvalue weighted by Gasteiger charge is -2.12. The quantitative estimate of drug-likeness (QED) is 0.324. The first-order valence-corrected chi connectivity index (χ1v) is 12.0. The molecule has 0 spiro atoms. The van der Waals surface area contributed by atoms with Crippen LogP contribution in [0.5, 0.6) is 0 Å². The molecule has 37 heavy (non-hydrogen) atoms. The molecular weight excluding hydrogens is 464 g/mol. The monoisotopic (exact) mass is 490 g/mol. The van der Waals surface area contributed by atoms with Crippen molar-refractivity contribution in [2.75, 3.05) is 5.32 Å². The van der Waals surface area contributed by atoms with Crippen LogP contribution in [0.25, 0.3) is 22.3 Å². The van der Waals surface area contributed by atoms with E-state index >= 15 is 0 Å². The van der Waals surface area contributed by atoms with Crippen LogP contribution in [0.1, 0.15) is 46.3 Å². The van der Waals surface area contributed by atoms with Crippen LogP contribution in [0.15, 0.2) is 91.3 Å². The highest BCUT2D eigenvalue weighted by molar-refractivity contribution is 6.13. The minimum absolute atomic E-state index is 0.0771. The van der Waals surface area contributed by atoms with E-state index in [1.807, 2.05) is 67.1 Å². The van der Waals surface area contributed by atoms with Gasteiger partial charge < -0.3 is 10.6 Å². The largest absolute Gasteiger partial charge is 0.346 e. The van der Waals surface area contributed by atoms with Gasteiger partial charge in [0.15, 0.2) is 5.65 Å². The number of rotatable bonds is 7. The van der Waals surface area contributed by atoms with Crippen LogP contribution in [0, 0.1) is 0 Å². The van der Waals surface area contributed by atoms with Crippen molar-refractivity contribution in [3.63, 3.8) is 0 Å². The molecule has 8 heteroatoms. The summed E-state index contributed by atoms with van der Waals surface area (Å²) < 4.78 is 1.81.